The number of hydrogen-bond donors (Lipinski definition) is 2. The Morgan fingerprint density at radius 2 is 1.77 bits per heavy atom. The molecule has 0 radical (unpaired) electrons. The Kier molecular flexibility index (Phi) is 3.68. The van der Waals surface area contributed by atoms with Gasteiger partial charge in [0.15, 0.2) is 0 Å². The fourth-order valence-corrected chi connectivity index (χ4v) is 2.36. The Balaban J connectivity index is 2.94. The average Bonchev–Trinajstić information content (AvgIpc) is 2.02. The van der Waals surface area contributed by atoms with E-state index in [4.69, 9.17) is 9.79 Å². The lowest BCUT2D eigenvalue weighted by atomic mass is 10.1. The summed E-state index contributed by atoms with van der Waals surface area (Å²) in [4.78, 5) is 17.6. The van der Waals surface area contributed by atoms with E-state index in [1.807, 2.05) is 12.1 Å². The molecule has 3 nitrogen and oxygen atoms in total. The van der Waals surface area contributed by atoms with Crippen LogP contribution in [0, 0.1) is 0 Å². The van der Waals surface area contributed by atoms with Crippen LogP contribution in [-0.2, 0) is 16.1 Å². The molecule has 0 aromatic heterocycles. The van der Waals surface area contributed by atoms with Gasteiger partial charge in [-0.2, -0.15) is 0 Å². The van der Waals surface area contributed by atoms with Gasteiger partial charge in [-0.05, 0) is 11.1 Å². The number of rotatable bonds is 3. The van der Waals surface area contributed by atoms with Crippen LogP contribution < -0.4 is 0 Å². The SMILES string of the molecule is O=P(O)(O)Cc1ccccc1CBr. The number of benzene rings is 1. The van der Waals surface area contributed by atoms with Gasteiger partial charge < -0.3 is 9.79 Å². The molecule has 2 N–H and O–H groups in total. The zero-order valence-corrected chi connectivity index (χ0v) is 9.33. The van der Waals surface area contributed by atoms with Crippen molar-refractivity contribution in [2.45, 2.75) is 11.5 Å². The highest BCUT2D eigenvalue weighted by Crippen LogP contribution is 2.40. The van der Waals surface area contributed by atoms with Crippen molar-refractivity contribution < 1.29 is 14.4 Å². The maximum atomic E-state index is 10.7. The number of halogens is 1. The van der Waals surface area contributed by atoms with Crippen molar-refractivity contribution in [3.63, 3.8) is 0 Å². The van der Waals surface area contributed by atoms with Gasteiger partial charge in [0.05, 0.1) is 6.16 Å². The molecular formula is C8H10BrO3P. The lowest BCUT2D eigenvalue weighted by Gasteiger charge is -2.07. The molecule has 0 aliphatic rings. The summed E-state index contributed by atoms with van der Waals surface area (Å²) in [7, 11) is -3.95. The average molecular weight is 265 g/mol. The van der Waals surface area contributed by atoms with Gasteiger partial charge in [-0.3, -0.25) is 4.57 Å². The lowest BCUT2D eigenvalue weighted by molar-refractivity contribution is 0.371. The summed E-state index contributed by atoms with van der Waals surface area (Å²) in [6, 6.07) is 7.20. The molecule has 0 amide bonds. The third kappa shape index (κ3) is 3.61. The minimum atomic E-state index is -3.95. The van der Waals surface area contributed by atoms with Crippen LogP contribution in [0.1, 0.15) is 11.1 Å². The maximum Gasteiger partial charge on any atom is 0.329 e. The molecular weight excluding hydrogens is 255 g/mol. The minimum Gasteiger partial charge on any atom is -0.324 e. The van der Waals surface area contributed by atoms with Crippen molar-refractivity contribution >= 4 is 23.5 Å². The summed E-state index contributed by atoms with van der Waals surface area (Å²) >= 11 is 3.26. The Morgan fingerprint density at radius 3 is 2.23 bits per heavy atom. The van der Waals surface area contributed by atoms with Crippen molar-refractivity contribution in [3.8, 4) is 0 Å². The first-order valence-corrected chi connectivity index (χ1v) is 6.62. The number of hydrogen-bond acceptors (Lipinski definition) is 1. The van der Waals surface area contributed by atoms with Gasteiger partial charge >= 0.3 is 7.60 Å². The van der Waals surface area contributed by atoms with E-state index in [9.17, 15) is 4.57 Å². The van der Waals surface area contributed by atoms with E-state index >= 15 is 0 Å². The highest BCUT2D eigenvalue weighted by atomic mass is 79.9. The van der Waals surface area contributed by atoms with Crippen molar-refractivity contribution in [3.05, 3.63) is 35.4 Å². The summed E-state index contributed by atoms with van der Waals surface area (Å²) in [5.74, 6) is 0. The Hall–Kier alpha value is -0.150. The third-order valence-corrected chi connectivity index (χ3v) is 3.00. The van der Waals surface area contributed by atoms with E-state index in [0.717, 1.165) is 5.56 Å². The molecule has 0 spiro atoms. The summed E-state index contributed by atoms with van der Waals surface area (Å²) in [5.41, 5.74) is 1.62. The maximum absolute atomic E-state index is 10.7. The smallest absolute Gasteiger partial charge is 0.324 e. The molecule has 0 saturated carbocycles. The Bertz CT molecular complexity index is 334. The topological polar surface area (TPSA) is 57.5 Å². The minimum absolute atomic E-state index is 0.186. The van der Waals surface area contributed by atoms with E-state index in [2.05, 4.69) is 15.9 Å². The molecule has 13 heavy (non-hydrogen) atoms. The van der Waals surface area contributed by atoms with Gasteiger partial charge in [0.25, 0.3) is 0 Å². The second kappa shape index (κ2) is 4.38. The molecule has 0 fully saturated rings. The zero-order valence-electron chi connectivity index (χ0n) is 6.85. The summed E-state index contributed by atoms with van der Waals surface area (Å²) in [5, 5.41) is 0.614. The summed E-state index contributed by atoms with van der Waals surface area (Å²) < 4.78 is 10.7. The molecule has 0 atom stereocenters. The highest BCUT2D eigenvalue weighted by molar-refractivity contribution is 9.08. The molecule has 1 rings (SSSR count). The molecule has 0 saturated heterocycles. The van der Waals surface area contributed by atoms with Crippen LogP contribution in [0.5, 0.6) is 0 Å². The van der Waals surface area contributed by atoms with Gasteiger partial charge in [0.1, 0.15) is 0 Å². The van der Waals surface area contributed by atoms with E-state index in [0.29, 0.717) is 10.9 Å². The van der Waals surface area contributed by atoms with E-state index in [1.54, 1.807) is 12.1 Å². The largest absolute Gasteiger partial charge is 0.329 e. The summed E-state index contributed by atoms with van der Waals surface area (Å²) in [6.07, 6.45) is -0.186. The predicted octanol–water partition coefficient (Wildman–Crippen LogP) is 2.26. The normalized spacial score (nSPS) is 11.6. The van der Waals surface area contributed by atoms with Crippen LogP contribution in [0.4, 0.5) is 0 Å². The molecule has 72 valence electrons. The predicted molar refractivity (Wildman–Crippen MR) is 54.8 cm³/mol. The molecule has 5 heteroatoms. The van der Waals surface area contributed by atoms with Gasteiger partial charge in [0, 0.05) is 5.33 Å². The van der Waals surface area contributed by atoms with Crippen molar-refractivity contribution in [2.24, 2.45) is 0 Å². The van der Waals surface area contributed by atoms with Crippen molar-refractivity contribution in [1.82, 2.24) is 0 Å². The van der Waals surface area contributed by atoms with Crippen molar-refractivity contribution in [2.75, 3.05) is 0 Å². The van der Waals surface area contributed by atoms with E-state index < -0.39 is 7.60 Å². The third-order valence-electron chi connectivity index (χ3n) is 1.64. The first-order valence-electron chi connectivity index (χ1n) is 3.70. The monoisotopic (exact) mass is 264 g/mol. The van der Waals surface area contributed by atoms with Crippen LogP contribution in [0.2, 0.25) is 0 Å². The molecule has 0 bridgehead atoms. The Labute approximate surface area is 85.1 Å². The first-order chi connectivity index (χ1) is 6.03. The standard InChI is InChI=1S/C8H10BrO3P/c9-5-7-3-1-2-4-8(7)6-13(10,11)12/h1-4H,5-6H2,(H2,10,11,12). The summed E-state index contributed by atoms with van der Waals surface area (Å²) in [6.45, 7) is 0. The number of alkyl halides is 1. The quantitative estimate of drug-likeness (QED) is 0.651. The van der Waals surface area contributed by atoms with E-state index in [-0.39, 0.29) is 6.16 Å². The molecule has 0 aliphatic carbocycles. The van der Waals surface area contributed by atoms with Crippen LogP contribution in [-0.4, -0.2) is 9.79 Å². The van der Waals surface area contributed by atoms with Crippen LogP contribution in [0.25, 0.3) is 0 Å². The van der Waals surface area contributed by atoms with Crippen LogP contribution in [0.15, 0.2) is 24.3 Å². The lowest BCUT2D eigenvalue weighted by Crippen LogP contribution is -1.92. The first kappa shape index (κ1) is 10.9. The van der Waals surface area contributed by atoms with Gasteiger partial charge in [-0.25, -0.2) is 0 Å². The van der Waals surface area contributed by atoms with Gasteiger partial charge in [-0.1, -0.05) is 40.2 Å². The molecule has 1 aromatic carbocycles. The van der Waals surface area contributed by atoms with E-state index in [1.165, 1.54) is 0 Å². The molecule has 0 aliphatic heterocycles. The van der Waals surface area contributed by atoms with Crippen molar-refractivity contribution in [1.29, 1.82) is 0 Å². The highest BCUT2D eigenvalue weighted by Gasteiger charge is 2.15. The van der Waals surface area contributed by atoms with Gasteiger partial charge in [-0.15, -0.1) is 0 Å². The van der Waals surface area contributed by atoms with Crippen LogP contribution in [0.3, 0.4) is 0 Å². The molecule has 0 unspecified atom stereocenters. The van der Waals surface area contributed by atoms with Crippen LogP contribution >= 0.6 is 23.5 Å². The molecule has 1 aromatic rings. The zero-order chi connectivity index (χ0) is 9.90. The molecule has 0 heterocycles. The van der Waals surface area contributed by atoms with Gasteiger partial charge in [0.2, 0.25) is 0 Å². The second-order valence-corrected chi connectivity index (χ2v) is 4.93. The Morgan fingerprint density at radius 1 is 1.23 bits per heavy atom. The fourth-order valence-electron chi connectivity index (χ4n) is 1.06. The second-order valence-electron chi connectivity index (χ2n) is 2.73. The fraction of sp³-hybridized carbons (Fsp3) is 0.250.